The Balaban J connectivity index is 1.73. The second kappa shape index (κ2) is 12.0. The Morgan fingerprint density at radius 2 is 1.78 bits per heavy atom. The molecular formula is C30H38FN3O3. The third-order valence-corrected chi connectivity index (χ3v) is 7.26. The molecule has 1 aromatic heterocycles. The van der Waals surface area contributed by atoms with Gasteiger partial charge in [0.15, 0.2) is 5.69 Å². The summed E-state index contributed by atoms with van der Waals surface area (Å²) in [5.74, 6) is 0.149. The van der Waals surface area contributed by atoms with E-state index >= 15 is 0 Å². The van der Waals surface area contributed by atoms with Gasteiger partial charge in [-0.1, -0.05) is 51.1 Å². The fraction of sp³-hybridized carbons (Fsp3) is 0.467. The summed E-state index contributed by atoms with van der Waals surface area (Å²) in [5, 5.41) is 20.5. The van der Waals surface area contributed by atoms with Crippen LogP contribution in [0.1, 0.15) is 86.6 Å². The van der Waals surface area contributed by atoms with Crippen molar-refractivity contribution in [2.24, 2.45) is 0 Å². The van der Waals surface area contributed by atoms with E-state index in [1.807, 2.05) is 48.4 Å². The molecule has 0 saturated carbocycles. The van der Waals surface area contributed by atoms with E-state index in [2.05, 4.69) is 12.1 Å². The van der Waals surface area contributed by atoms with Crippen molar-refractivity contribution in [1.82, 2.24) is 14.5 Å². The maximum atomic E-state index is 14.0. The van der Waals surface area contributed by atoms with Crippen molar-refractivity contribution < 1.29 is 19.4 Å². The molecule has 37 heavy (non-hydrogen) atoms. The lowest BCUT2D eigenvalue weighted by molar-refractivity contribution is 0.0711. The number of aliphatic hydroxyl groups excluding tert-OH is 2. The molecule has 1 aliphatic heterocycles. The van der Waals surface area contributed by atoms with Gasteiger partial charge in [-0.2, -0.15) is 0 Å². The van der Waals surface area contributed by atoms with Gasteiger partial charge in [-0.25, -0.2) is 9.37 Å². The van der Waals surface area contributed by atoms with E-state index in [0.29, 0.717) is 49.4 Å². The summed E-state index contributed by atoms with van der Waals surface area (Å²) in [6, 6.07) is 16.2. The van der Waals surface area contributed by atoms with Gasteiger partial charge in [-0.3, -0.25) is 4.79 Å². The second-order valence-electron chi connectivity index (χ2n) is 10.3. The number of hydrogen-bond donors (Lipinski definition) is 2. The highest BCUT2D eigenvalue weighted by molar-refractivity contribution is 5.95. The van der Waals surface area contributed by atoms with Crippen LogP contribution in [0.2, 0.25) is 0 Å². The maximum Gasteiger partial charge on any atom is 0.274 e. The zero-order chi connectivity index (χ0) is 26.5. The van der Waals surface area contributed by atoms with Crippen LogP contribution in [0.15, 0.2) is 54.6 Å². The minimum absolute atomic E-state index is 0.00296. The smallest absolute Gasteiger partial charge is 0.274 e. The average molecular weight is 508 g/mol. The molecule has 1 aliphatic rings. The van der Waals surface area contributed by atoms with Crippen molar-refractivity contribution >= 4 is 5.91 Å². The molecule has 1 fully saturated rings. The van der Waals surface area contributed by atoms with Gasteiger partial charge in [0.25, 0.3) is 5.91 Å². The normalized spacial score (nSPS) is 17.4. The molecule has 4 rings (SSSR count). The zero-order valence-electron chi connectivity index (χ0n) is 22.0. The number of hydrogen-bond acceptors (Lipinski definition) is 4. The Labute approximate surface area is 218 Å². The first-order valence-electron chi connectivity index (χ1n) is 13.4. The average Bonchev–Trinajstić information content (AvgIpc) is 3.53. The van der Waals surface area contributed by atoms with E-state index in [-0.39, 0.29) is 23.7 Å². The lowest BCUT2D eigenvalue weighted by atomic mass is 10.0. The molecule has 2 heterocycles. The van der Waals surface area contributed by atoms with E-state index in [4.69, 9.17) is 4.98 Å². The molecule has 2 N–H and O–H groups in total. The van der Waals surface area contributed by atoms with Crippen molar-refractivity contribution in [3.8, 4) is 11.4 Å². The Hall–Kier alpha value is -3.03. The number of amides is 1. The number of aliphatic hydroxyl groups is 2. The number of carbonyl (C=O) groups is 1. The van der Waals surface area contributed by atoms with Gasteiger partial charge in [0, 0.05) is 18.7 Å². The van der Waals surface area contributed by atoms with Crippen molar-refractivity contribution in [3.05, 3.63) is 77.4 Å². The lowest BCUT2D eigenvalue weighted by Gasteiger charge is -2.25. The lowest BCUT2D eigenvalue weighted by Crippen LogP contribution is -2.32. The predicted molar refractivity (Wildman–Crippen MR) is 143 cm³/mol. The van der Waals surface area contributed by atoms with Gasteiger partial charge in [-0.15, -0.1) is 0 Å². The predicted octanol–water partition coefficient (Wildman–Crippen LogP) is 5.70. The van der Waals surface area contributed by atoms with E-state index in [9.17, 15) is 19.4 Å². The number of aromatic nitrogens is 2. The summed E-state index contributed by atoms with van der Waals surface area (Å²) in [7, 11) is 0. The highest BCUT2D eigenvalue weighted by atomic mass is 19.1. The summed E-state index contributed by atoms with van der Waals surface area (Å²) in [6.07, 6.45) is 1.89. The number of likely N-dealkylation sites (tertiary alicyclic amines) is 1. The maximum absolute atomic E-state index is 14.0. The van der Waals surface area contributed by atoms with Crippen LogP contribution in [-0.2, 0) is 6.54 Å². The van der Waals surface area contributed by atoms with Crippen LogP contribution in [0.4, 0.5) is 4.39 Å². The Morgan fingerprint density at radius 3 is 2.43 bits per heavy atom. The number of carbonyl (C=O) groups excluding carboxylic acids is 1. The van der Waals surface area contributed by atoms with Crippen LogP contribution in [-0.4, -0.2) is 49.3 Å². The fourth-order valence-corrected chi connectivity index (χ4v) is 5.30. The van der Waals surface area contributed by atoms with Crippen molar-refractivity contribution in [3.63, 3.8) is 0 Å². The third-order valence-electron chi connectivity index (χ3n) is 7.26. The zero-order valence-corrected chi connectivity index (χ0v) is 22.0. The standard InChI is InChI=1S/C30H38FN3O3/c1-4-24(35)19-25(36)16-18-34-28(20(2)3)27(32-29(34)22-12-14-23(31)15-13-22)30(37)33-17-8-11-26(33)21-9-6-5-7-10-21/h5-7,9-10,12-15,20,24-26,35-36H,4,8,11,16-19H2,1-3H3. The minimum atomic E-state index is -0.682. The third kappa shape index (κ3) is 6.11. The molecule has 1 amide bonds. The highest BCUT2D eigenvalue weighted by Crippen LogP contribution is 2.36. The molecule has 2 aromatic carbocycles. The SMILES string of the molecule is CCC(O)CC(O)CCn1c(-c2ccc(F)cc2)nc(C(=O)N2CCCC2c2ccccc2)c1C(C)C. The number of nitrogens with zero attached hydrogens (tertiary/aromatic N) is 3. The van der Waals surface area contributed by atoms with E-state index in [0.717, 1.165) is 24.1 Å². The van der Waals surface area contributed by atoms with Gasteiger partial charge in [-0.05, 0) is 67.9 Å². The number of imidazole rings is 1. The molecule has 0 aliphatic carbocycles. The monoisotopic (exact) mass is 507 g/mol. The Bertz CT molecular complexity index is 1180. The molecule has 0 bridgehead atoms. The number of benzene rings is 2. The fourth-order valence-electron chi connectivity index (χ4n) is 5.30. The first-order valence-corrected chi connectivity index (χ1v) is 13.4. The van der Waals surface area contributed by atoms with Crippen LogP contribution in [0.5, 0.6) is 0 Å². The van der Waals surface area contributed by atoms with Gasteiger partial charge in [0.05, 0.1) is 23.9 Å². The summed E-state index contributed by atoms with van der Waals surface area (Å²) in [4.78, 5) is 20.8. The van der Waals surface area contributed by atoms with E-state index in [1.165, 1.54) is 12.1 Å². The van der Waals surface area contributed by atoms with Gasteiger partial charge in [0.2, 0.25) is 0 Å². The number of rotatable bonds is 10. The molecule has 6 nitrogen and oxygen atoms in total. The second-order valence-corrected chi connectivity index (χ2v) is 10.3. The molecule has 1 saturated heterocycles. The molecule has 0 radical (unpaired) electrons. The van der Waals surface area contributed by atoms with E-state index in [1.54, 1.807) is 12.1 Å². The Kier molecular flexibility index (Phi) is 8.77. The van der Waals surface area contributed by atoms with Gasteiger partial charge >= 0.3 is 0 Å². The van der Waals surface area contributed by atoms with Gasteiger partial charge in [0.1, 0.15) is 11.6 Å². The largest absolute Gasteiger partial charge is 0.393 e. The van der Waals surface area contributed by atoms with Crippen LogP contribution in [0.3, 0.4) is 0 Å². The molecule has 3 unspecified atom stereocenters. The van der Waals surface area contributed by atoms with Gasteiger partial charge < -0.3 is 19.7 Å². The summed E-state index contributed by atoms with van der Waals surface area (Å²) >= 11 is 0. The van der Waals surface area contributed by atoms with Crippen LogP contribution in [0.25, 0.3) is 11.4 Å². The molecular weight excluding hydrogens is 469 g/mol. The molecule has 3 aromatic rings. The van der Waals surface area contributed by atoms with Crippen LogP contribution in [0, 0.1) is 5.82 Å². The topological polar surface area (TPSA) is 78.6 Å². The van der Waals surface area contributed by atoms with Crippen molar-refractivity contribution in [1.29, 1.82) is 0 Å². The highest BCUT2D eigenvalue weighted by Gasteiger charge is 2.35. The quantitative estimate of drug-likeness (QED) is 0.369. The molecule has 0 spiro atoms. The Morgan fingerprint density at radius 1 is 1.08 bits per heavy atom. The summed E-state index contributed by atoms with van der Waals surface area (Å²) in [6.45, 7) is 7.06. The summed E-state index contributed by atoms with van der Waals surface area (Å²) < 4.78 is 15.7. The van der Waals surface area contributed by atoms with Crippen molar-refractivity contribution in [2.45, 2.75) is 83.6 Å². The minimum Gasteiger partial charge on any atom is -0.393 e. The molecule has 7 heteroatoms. The number of halogens is 1. The molecule has 198 valence electrons. The first kappa shape index (κ1) is 27.0. The summed E-state index contributed by atoms with van der Waals surface area (Å²) in [5.41, 5.74) is 3.06. The van der Waals surface area contributed by atoms with E-state index < -0.39 is 12.2 Å². The first-order chi connectivity index (χ1) is 17.8. The molecule has 3 atom stereocenters. The van der Waals surface area contributed by atoms with Crippen LogP contribution < -0.4 is 0 Å². The van der Waals surface area contributed by atoms with Crippen molar-refractivity contribution in [2.75, 3.05) is 6.54 Å². The van der Waals surface area contributed by atoms with Crippen LogP contribution >= 0.6 is 0 Å².